The lowest BCUT2D eigenvalue weighted by Crippen LogP contribution is -2.08. The Bertz CT molecular complexity index is 516. The summed E-state index contributed by atoms with van der Waals surface area (Å²) in [6.45, 7) is 0.673. The van der Waals surface area contributed by atoms with Gasteiger partial charge in [0.25, 0.3) is 0 Å². The molecule has 0 bridgehead atoms. The molecule has 0 atom stereocenters. The molecule has 2 N–H and O–H groups in total. The van der Waals surface area contributed by atoms with Crippen molar-refractivity contribution in [2.45, 2.75) is 12.8 Å². The van der Waals surface area contributed by atoms with E-state index in [0.29, 0.717) is 12.5 Å². The molecule has 0 saturated heterocycles. The van der Waals surface area contributed by atoms with Crippen LogP contribution in [0.1, 0.15) is 12.0 Å². The maximum absolute atomic E-state index is 13.4. The summed E-state index contributed by atoms with van der Waals surface area (Å²) in [5.74, 6) is 0.220. The van der Waals surface area contributed by atoms with Gasteiger partial charge in [0, 0.05) is 13.6 Å². The number of hydrogen-bond acceptors (Lipinski definition) is 4. The van der Waals surface area contributed by atoms with Crippen molar-refractivity contribution in [2.24, 2.45) is 0 Å². The highest BCUT2D eigenvalue weighted by molar-refractivity contribution is 5.40. The fourth-order valence-corrected chi connectivity index (χ4v) is 1.76. The number of hydrogen-bond donors (Lipinski definition) is 2. The topological polar surface area (TPSA) is 49.8 Å². The molecule has 0 fully saturated rings. The third-order valence-electron chi connectivity index (χ3n) is 2.75. The van der Waals surface area contributed by atoms with Gasteiger partial charge in [0.15, 0.2) is 11.6 Å². The standard InChI is InChI=1S/C14H17FN4/c1-16-14-18-10-12(15)13(19-14)17-9-5-8-11-6-3-2-4-7-11/h2-4,6-7,10H,5,8-9H2,1H3,(H2,16,17,18,19). The highest BCUT2D eigenvalue weighted by Gasteiger charge is 2.05. The van der Waals surface area contributed by atoms with Gasteiger partial charge in [0.1, 0.15) is 0 Å². The van der Waals surface area contributed by atoms with Crippen LogP contribution in [0.5, 0.6) is 0 Å². The van der Waals surface area contributed by atoms with Gasteiger partial charge in [-0.1, -0.05) is 30.3 Å². The highest BCUT2D eigenvalue weighted by Crippen LogP contribution is 2.11. The van der Waals surface area contributed by atoms with Crippen LogP contribution in [0.2, 0.25) is 0 Å². The molecule has 1 aromatic heterocycles. The van der Waals surface area contributed by atoms with Crippen LogP contribution < -0.4 is 10.6 Å². The fraction of sp³-hybridized carbons (Fsp3) is 0.286. The maximum atomic E-state index is 13.4. The summed E-state index contributed by atoms with van der Waals surface area (Å²) in [7, 11) is 1.70. The minimum atomic E-state index is -0.432. The second kappa shape index (κ2) is 6.68. The van der Waals surface area contributed by atoms with Crippen LogP contribution in [0, 0.1) is 5.82 Å². The predicted molar refractivity (Wildman–Crippen MR) is 74.8 cm³/mol. The average molecular weight is 260 g/mol. The van der Waals surface area contributed by atoms with Crippen molar-refractivity contribution >= 4 is 11.8 Å². The van der Waals surface area contributed by atoms with Gasteiger partial charge in [-0.15, -0.1) is 0 Å². The number of aryl methyl sites for hydroxylation is 1. The second-order valence-corrected chi connectivity index (χ2v) is 4.16. The fourth-order valence-electron chi connectivity index (χ4n) is 1.76. The van der Waals surface area contributed by atoms with Gasteiger partial charge in [0.2, 0.25) is 5.95 Å². The number of benzene rings is 1. The largest absolute Gasteiger partial charge is 0.367 e. The van der Waals surface area contributed by atoms with Gasteiger partial charge in [-0.2, -0.15) is 4.98 Å². The van der Waals surface area contributed by atoms with Crippen LogP contribution in [0.25, 0.3) is 0 Å². The van der Waals surface area contributed by atoms with E-state index >= 15 is 0 Å². The van der Waals surface area contributed by atoms with Gasteiger partial charge in [0.05, 0.1) is 6.20 Å². The van der Waals surface area contributed by atoms with Crippen molar-refractivity contribution in [3.63, 3.8) is 0 Å². The minimum Gasteiger partial charge on any atom is -0.367 e. The Balaban J connectivity index is 1.82. The highest BCUT2D eigenvalue weighted by atomic mass is 19.1. The molecule has 0 spiro atoms. The lowest BCUT2D eigenvalue weighted by molar-refractivity contribution is 0.616. The van der Waals surface area contributed by atoms with Crippen LogP contribution in [-0.4, -0.2) is 23.6 Å². The number of anilines is 2. The normalized spacial score (nSPS) is 10.2. The minimum absolute atomic E-state index is 0.243. The summed E-state index contributed by atoms with van der Waals surface area (Å²) in [5.41, 5.74) is 1.28. The Kier molecular flexibility index (Phi) is 4.66. The molecule has 1 heterocycles. The van der Waals surface area contributed by atoms with E-state index in [1.54, 1.807) is 7.05 Å². The molecular formula is C14H17FN4. The monoisotopic (exact) mass is 260 g/mol. The van der Waals surface area contributed by atoms with Crippen molar-refractivity contribution in [1.29, 1.82) is 0 Å². The van der Waals surface area contributed by atoms with Crippen LogP contribution in [0.15, 0.2) is 36.5 Å². The molecule has 0 radical (unpaired) electrons. The van der Waals surface area contributed by atoms with Crippen LogP contribution in [-0.2, 0) is 6.42 Å². The Morgan fingerprint density at radius 3 is 2.74 bits per heavy atom. The quantitative estimate of drug-likeness (QED) is 0.784. The summed E-state index contributed by atoms with van der Waals surface area (Å²) in [5, 5.41) is 5.77. The summed E-state index contributed by atoms with van der Waals surface area (Å²) in [6, 6.07) is 10.2. The lowest BCUT2D eigenvalue weighted by atomic mass is 10.1. The number of rotatable bonds is 6. The molecule has 0 aliphatic rings. The number of nitrogens with zero attached hydrogens (tertiary/aromatic N) is 2. The van der Waals surface area contributed by atoms with Crippen molar-refractivity contribution in [3.8, 4) is 0 Å². The number of nitrogens with one attached hydrogen (secondary N) is 2. The van der Waals surface area contributed by atoms with Gasteiger partial charge in [-0.05, 0) is 18.4 Å². The van der Waals surface area contributed by atoms with E-state index in [1.807, 2.05) is 18.2 Å². The SMILES string of the molecule is CNc1ncc(F)c(NCCCc2ccccc2)n1. The Hall–Kier alpha value is -2.17. The summed E-state index contributed by atoms with van der Waals surface area (Å²) in [4.78, 5) is 7.82. The molecule has 0 unspecified atom stereocenters. The third-order valence-corrected chi connectivity index (χ3v) is 2.75. The zero-order valence-electron chi connectivity index (χ0n) is 10.9. The van der Waals surface area contributed by atoms with Gasteiger partial charge in [-0.3, -0.25) is 0 Å². The van der Waals surface area contributed by atoms with E-state index in [1.165, 1.54) is 11.8 Å². The molecule has 0 amide bonds. The maximum Gasteiger partial charge on any atom is 0.224 e. The molecule has 100 valence electrons. The zero-order valence-corrected chi connectivity index (χ0v) is 10.9. The molecule has 19 heavy (non-hydrogen) atoms. The molecular weight excluding hydrogens is 243 g/mol. The van der Waals surface area contributed by atoms with Crippen molar-refractivity contribution in [1.82, 2.24) is 9.97 Å². The van der Waals surface area contributed by atoms with E-state index in [-0.39, 0.29) is 5.82 Å². The van der Waals surface area contributed by atoms with Crippen molar-refractivity contribution in [2.75, 3.05) is 24.2 Å². The van der Waals surface area contributed by atoms with E-state index in [2.05, 4.69) is 32.7 Å². The second-order valence-electron chi connectivity index (χ2n) is 4.16. The molecule has 4 nitrogen and oxygen atoms in total. The molecule has 0 aliphatic carbocycles. The third kappa shape index (κ3) is 3.91. The van der Waals surface area contributed by atoms with E-state index in [0.717, 1.165) is 12.8 Å². The Morgan fingerprint density at radius 2 is 2.00 bits per heavy atom. The van der Waals surface area contributed by atoms with Crippen LogP contribution in [0.4, 0.5) is 16.2 Å². The first-order valence-electron chi connectivity index (χ1n) is 6.27. The van der Waals surface area contributed by atoms with Crippen molar-refractivity contribution in [3.05, 3.63) is 47.9 Å². The molecule has 0 saturated carbocycles. The smallest absolute Gasteiger partial charge is 0.224 e. The Morgan fingerprint density at radius 1 is 1.21 bits per heavy atom. The number of halogens is 1. The van der Waals surface area contributed by atoms with Crippen LogP contribution >= 0.6 is 0 Å². The van der Waals surface area contributed by atoms with Gasteiger partial charge in [-0.25, -0.2) is 9.37 Å². The molecule has 2 rings (SSSR count). The number of aromatic nitrogens is 2. The first kappa shape index (κ1) is 13.3. The first-order valence-corrected chi connectivity index (χ1v) is 6.27. The summed E-state index contributed by atoms with van der Waals surface area (Å²) < 4.78 is 13.4. The zero-order chi connectivity index (χ0) is 13.5. The van der Waals surface area contributed by atoms with E-state index < -0.39 is 5.82 Å². The average Bonchev–Trinajstić information content (AvgIpc) is 2.46. The lowest BCUT2D eigenvalue weighted by Gasteiger charge is -2.07. The Labute approximate surface area is 112 Å². The van der Waals surface area contributed by atoms with Crippen LogP contribution in [0.3, 0.4) is 0 Å². The molecule has 2 aromatic rings. The van der Waals surface area contributed by atoms with Gasteiger partial charge < -0.3 is 10.6 Å². The summed E-state index contributed by atoms with van der Waals surface area (Å²) >= 11 is 0. The molecule has 1 aromatic carbocycles. The van der Waals surface area contributed by atoms with Gasteiger partial charge >= 0.3 is 0 Å². The molecule has 0 aliphatic heterocycles. The first-order chi connectivity index (χ1) is 9.29. The summed E-state index contributed by atoms with van der Waals surface area (Å²) in [6.07, 6.45) is 3.04. The van der Waals surface area contributed by atoms with Crippen molar-refractivity contribution < 1.29 is 4.39 Å². The van der Waals surface area contributed by atoms with E-state index in [9.17, 15) is 4.39 Å². The molecule has 5 heteroatoms. The van der Waals surface area contributed by atoms with E-state index in [4.69, 9.17) is 0 Å². The predicted octanol–water partition coefficient (Wildman–Crippen LogP) is 2.70.